The van der Waals surface area contributed by atoms with E-state index in [1.807, 2.05) is 12.1 Å². The number of anilines is 2. The largest absolute Gasteiger partial charge is 0.478 e. The first-order valence-electron chi connectivity index (χ1n) is 10.7. The van der Waals surface area contributed by atoms with Gasteiger partial charge in [0, 0.05) is 43.4 Å². The van der Waals surface area contributed by atoms with Crippen molar-refractivity contribution in [1.29, 1.82) is 5.26 Å². The van der Waals surface area contributed by atoms with Crippen LogP contribution in [0.3, 0.4) is 0 Å². The van der Waals surface area contributed by atoms with Gasteiger partial charge in [-0.1, -0.05) is 12.1 Å². The van der Waals surface area contributed by atoms with Crippen molar-refractivity contribution in [2.75, 3.05) is 17.3 Å². The van der Waals surface area contributed by atoms with Crippen LogP contribution in [0.25, 0.3) is 5.65 Å². The van der Waals surface area contributed by atoms with E-state index in [1.165, 1.54) is 15.4 Å². The van der Waals surface area contributed by atoms with Crippen molar-refractivity contribution in [3.63, 3.8) is 0 Å². The Morgan fingerprint density at radius 1 is 1.38 bits per heavy atom. The third-order valence-electron chi connectivity index (χ3n) is 6.13. The summed E-state index contributed by atoms with van der Waals surface area (Å²) in [6.07, 6.45) is 0.814. The second-order valence-corrected chi connectivity index (χ2v) is 8.64. The Hall–Kier alpha value is -4.00. The van der Waals surface area contributed by atoms with Crippen LogP contribution in [-0.4, -0.2) is 39.5 Å². The fourth-order valence-corrected chi connectivity index (χ4v) is 4.25. The highest BCUT2D eigenvalue weighted by atomic mass is 19.3. The van der Waals surface area contributed by atoms with E-state index in [-0.39, 0.29) is 35.4 Å². The van der Waals surface area contributed by atoms with Gasteiger partial charge >= 0.3 is 5.97 Å². The summed E-state index contributed by atoms with van der Waals surface area (Å²) in [6, 6.07) is 9.14. The molecule has 1 aromatic carbocycles. The average molecular weight is 467 g/mol. The van der Waals surface area contributed by atoms with Gasteiger partial charge in [0.05, 0.1) is 11.6 Å². The second kappa shape index (κ2) is 8.41. The number of aromatic carboxylic acids is 1. The number of para-hydroxylation sites is 1. The van der Waals surface area contributed by atoms with Gasteiger partial charge in [0.1, 0.15) is 11.7 Å². The van der Waals surface area contributed by atoms with Crippen LogP contribution < -0.4 is 15.8 Å². The van der Waals surface area contributed by atoms with Gasteiger partial charge in [0.25, 0.3) is 11.5 Å². The van der Waals surface area contributed by atoms with Crippen LogP contribution in [0.2, 0.25) is 0 Å². The first-order valence-corrected chi connectivity index (χ1v) is 10.7. The lowest BCUT2D eigenvalue weighted by atomic mass is 9.87. The van der Waals surface area contributed by atoms with Crippen molar-refractivity contribution in [2.45, 2.75) is 44.7 Å². The number of benzene rings is 1. The Morgan fingerprint density at radius 2 is 2.06 bits per heavy atom. The standard InChI is InChI=1S/C24H23F2N5O3/c1-13-8-17(14(2)28-19-7-5-4-6-16(19)23(33)34)21-29-20(18(11-27)22(32)31(21)12-13)30(3)15-9-24(25,26)10-15/h4-8,12,14-15,28H,9-10H2,1-3H3,(H,33,34). The van der Waals surface area contributed by atoms with Gasteiger partial charge in [0.15, 0.2) is 11.4 Å². The summed E-state index contributed by atoms with van der Waals surface area (Å²) >= 11 is 0. The number of nitrogens with one attached hydrogen (secondary N) is 1. The average Bonchev–Trinajstić information content (AvgIpc) is 2.76. The number of hydrogen-bond donors (Lipinski definition) is 2. The lowest BCUT2D eigenvalue weighted by Crippen LogP contribution is -2.50. The molecule has 1 fully saturated rings. The normalized spacial score (nSPS) is 15.9. The number of alkyl halides is 2. The van der Waals surface area contributed by atoms with E-state index in [0.29, 0.717) is 11.3 Å². The van der Waals surface area contributed by atoms with Crippen LogP contribution in [0.5, 0.6) is 0 Å². The molecular formula is C24H23F2N5O3. The molecule has 0 amide bonds. The molecule has 3 aromatic rings. The number of halogens is 2. The minimum atomic E-state index is -2.77. The quantitative estimate of drug-likeness (QED) is 0.564. The van der Waals surface area contributed by atoms with Crippen LogP contribution in [0.15, 0.2) is 41.3 Å². The lowest BCUT2D eigenvalue weighted by molar-refractivity contribution is -0.0850. The number of nitriles is 1. The third kappa shape index (κ3) is 4.05. The third-order valence-corrected chi connectivity index (χ3v) is 6.13. The number of nitrogens with zero attached hydrogens (tertiary/aromatic N) is 4. The molecule has 0 aliphatic heterocycles. The molecule has 1 unspecified atom stereocenters. The highest BCUT2D eigenvalue weighted by Crippen LogP contribution is 2.41. The number of carboxylic acids is 1. The van der Waals surface area contributed by atoms with Crippen LogP contribution in [0.1, 0.15) is 52.9 Å². The number of carboxylic acid groups (broad SMARTS) is 1. The Kier molecular flexibility index (Phi) is 5.73. The molecule has 4 rings (SSSR count). The Bertz CT molecular complexity index is 1390. The fourth-order valence-electron chi connectivity index (χ4n) is 4.25. The zero-order chi connectivity index (χ0) is 24.8. The number of pyridine rings is 1. The molecule has 0 spiro atoms. The van der Waals surface area contributed by atoms with Gasteiger partial charge in [0.2, 0.25) is 0 Å². The molecule has 2 N–H and O–H groups in total. The topological polar surface area (TPSA) is 111 Å². The maximum absolute atomic E-state index is 13.5. The van der Waals surface area contributed by atoms with Crippen molar-refractivity contribution in [3.8, 4) is 6.07 Å². The molecule has 1 aliphatic carbocycles. The molecular weight excluding hydrogens is 444 g/mol. The van der Waals surface area contributed by atoms with Crippen molar-refractivity contribution >= 4 is 23.1 Å². The molecule has 0 saturated heterocycles. The van der Waals surface area contributed by atoms with Crippen LogP contribution in [0.4, 0.5) is 20.3 Å². The number of rotatable bonds is 6. The SMILES string of the molecule is Cc1cc(C(C)Nc2ccccc2C(=O)O)c2nc(N(C)C3CC(F)(F)C3)c(C#N)c(=O)n2c1. The number of aryl methyl sites for hydroxylation is 1. The van der Waals surface area contributed by atoms with Gasteiger partial charge in [-0.15, -0.1) is 0 Å². The monoisotopic (exact) mass is 467 g/mol. The van der Waals surface area contributed by atoms with Crippen LogP contribution in [0, 0.1) is 18.3 Å². The van der Waals surface area contributed by atoms with Crippen molar-refractivity contribution in [1.82, 2.24) is 9.38 Å². The van der Waals surface area contributed by atoms with Crippen LogP contribution in [-0.2, 0) is 0 Å². The van der Waals surface area contributed by atoms with Gasteiger partial charge in [-0.3, -0.25) is 9.20 Å². The fraction of sp³-hybridized carbons (Fsp3) is 0.333. The lowest BCUT2D eigenvalue weighted by Gasteiger charge is -2.41. The molecule has 0 radical (unpaired) electrons. The smallest absolute Gasteiger partial charge is 0.337 e. The van der Waals surface area contributed by atoms with E-state index in [4.69, 9.17) is 0 Å². The predicted octanol–water partition coefficient (Wildman–Crippen LogP) is 3.98. The summed E-state index contributed by atoms with van der Waals surface area (Å²) in [4.78, 5) is 30.8. The molecule has 1 aliphatic rings. The summed E-state index contributed by atoms with van der Waals surface area (Å²) in [6.45, 7) is 3.59. The summed E-state index contributed by atoms with van der Waals surface area (Å²) in [5, 5.41) is 22.3. The number of fused-ring (bicyclic) bond motifs is 1. The maximum atomic E-state index is 13.5. The zero-order valence-corrected chi connectivity index (χ0v) is 18.8. The highest BCUT2D eigenvalue weighted by Gasteiger charge is 2.48. The van der Waals surface area contributed by atoms with Crippen molar-refractivity contribution in [2.24, 2.45) is 0 Å². The predicted molar refractivity (Wildman–Crippen MR) is 123 cm³/mol. The molecule has 1 saturated carbocycles. The summed E-state index contributed by atoms with van der Waals surface area (Å²) in [5.74, 6) is -3.80. The molecule has 176 valence electrons. The number of carbonyl (C=O) groups is 1. The van der Waals surface area contributed by atoms with Gasteiger partial charge in [-0.2, -0.15) is 5.26 Å². The van der Waals surface area contributed by atoms with E-state index in [1.54, 1.807) is 45.3 Å². The molecule has 10 heteroatoms. The first kappa shape index (κ1) is 23.2. The van der Waals surface area contributed by atoms with Crippen molar-refractivity contribution < 1.29 is 18.7 Å². The summed E-state index contributed by atoms with van der Waals surface area (Å²) in [7, 11) is 1.55. The van der Waals surface area contributed by atoms with E-state index < -0.39 is 29.5 Å². The van der Waals surface area contributed by atoms with E-state index in [2.05, 4.69) is 10.3 Å². The number of aromatic nitrogens is 2. The zero-order valence-electron chi connectivity index (χ0n) is 18.8. The molecule has 8 nitrogen and oxygen atoms in total. The molecule has 2 heterocycles. The summed E-state index contributed by atoms with van der Waals surface area (Å²) in [5.41, 5.74) is 1.26. The second-order valence-electron chi connectivity index (χ2n) is 8.64. The highest BCUT2D eigenvalue weighted by molar-refractivity contribution is 5.94. The maximum Gasteiger partial charge on any atom is 0.337 e. The van der Waals surface area contributed by atoms with Crippen molar-refractivity contribution in [3.05, 3.63) is 69.1 Å². The Morgan fingerprint density at radius 3 is 2.68 bits per heavy atom. The Balaban J connectivity index is 1.83. The first-order chi connectivity index (χ1) is 16.0. The van der Waals surface area contributed by atoms with E-state index in [0.717, 1.165) is 5.56 Å². The molecule has 34 heavy (non-hydrogen) atoms. The minimum absolute atomic E-state index is 0.0521. The molecule has 2 aromatic heterocycles. The number of hydrogen-bond acceptors (Lipinski definition) is 6. The van der Waals surface area contributed by atoms with E-state index >= 15 is 0 Å². The minimum Gasteiger partial charge on any atom is -0.478 e. The summed E-state index contributed by atoms with van der Waals surface area (Å²) < 4.78 is 28.2. The van der Waals surface area contributed by atoms with E-state index in [9.17, 15) is 28.7 Å². The Labute approximate surface area is 194 Å². The molecule has 1 atom stereocenters. The van der Waals surface area contributed by atoms with Gasteiger partial charge in [-0.05, 0) is 37.6 Å². The van der Waals surface area contributed by atoms with Crippen LogP contribution >= 0.6 is 0 Å². The van der Waals surface area contributed by atoms with Gasteiger partial charge in [-0.25, -0.2) is 18.6 Å². The molecule has 0 bridgehead atoms. The van der Waals surface area contributed by atoms with Gasteiger partial charge < -0.3 is 15.3 Å².